The standard InChI is InChI=1S/C27H23Cl2N7O3/c28-19-10-20(29)12-21(11-19)34-27(39)35-25-26(38)36(22(14-33-25)17-4-2-1-3-5-17)15-23(37)32-13-16-6-8-18(9-7-16)24(30)31/h1-12,14H,13,15H2,(H3,30,31)(H,32,37)(H2,33,34,35,39). The summed E-state index contributed by atoms with van der Waals surface area (Å²) >= 11 is 11.9. The smallest absolute Gasteiger partial charge is 0.325 e. The van der Waals surface area contributed by atoms with E-state index in [2.05, 4.69) is 20.9 Å². The molecule has 0 radical (unpaired) electrons. The maximum absolute atomic E-state index is 13.4. The molecule has 1 aromatic heterocycles. The molecule has 0 bridgehead atoms. The second kappa shape index (κ2) is 12.2. The van der Waals surface area contributed by atoms with Crippen molar-refractivity contribution < 1.29 is 9.59 Å². The summed E-state index contributed by atoms with van der Waals surface area (Å²) < 4.78 is 1.24. The summed E-state index contributed by atoms with van der Waals surface area (Å²) in [4.78, 5) is 43.0. The van der Waals surface area contributed by atoms with Crippen molar-refractivity contribution in [2.45, 2.75) is 13.1 Å². The Balaban J connectivity index is 1.54. The van der Waals surface area contributed by atoms with Crippen molar-refractivity contribution in [3.63, 3.8) is 0 Å². The van der Waals surface area contributed by atoms with Crippen LogP contribution in [-0.4, -0.2) is 27.3 Å². The van der Waals surface area contributed by atoms with Gasteiger partial charge in [-0.1, -0.05) is 77.8 Å². The number of carbonyl (C=O) groups excluding carboxylic acids is 2. The van der Waals surface area contributed by atoms with Crippen molar-refractivity contribution in [1.82, 2.24) is 14.9 Å². The number of urea groups is 1. The SMILES string of the molecule is N=C(N)c1ccc(CNC(=O)Cn2c(-c3ccccc3)cnc(NC(=O)Nc3cc(Cl)cc(Cl)c3)c2=O)cc1. The maximum atomic E-state index is 13.4. The molecule has 10 nitrogen and oxygen atoms in total. The molecule has 0 unspecified atom stereocenters. The molecule has 6 N–H and O–H groups in total. The summed E-state index contributed by atoms with van der Waals surface area (Å²) in [6.07, 6.45) is 1.41. The first-order chi connectivity index (χ1) is 18.7. The molecule has 0 aliphatic rings. The quantitative estimate of drug-likeness (QED) is 0.158. The highest BCUT2D eigenvalue weighted by molar-refractivity contribution is 6.35. The van der Waals surface area contributed by atoms with Crippen LogP contribution in [0.2, 0.25) is 10.0 Å². The van der Waals surface area contributed by atoms with Crippen molar-refractivity contribution >= 4 is 52.5 Å². The van der Waals surface area contributed by atoms with Crippen LogP contribution in [0.25, 0.3) is 11.3 Å². The number of carbonyl (C=O) groups is 2. The first-order valence-corrected chi connectivity index (χ1v) is 12.3. The number of aromatic nitrogens is 2. The molecular formula is C27H23Cl2N7O3. The summed E-state index contributed by atoms with van der Waals surface area (Å²) in [7, 11) is 0. The Morgan fingerprint density at radius 3 is 2.26 bits per heavy atom. The van der Waals surface area contributed by atoms with Crippen LogP contribution in [0.4, 0.5) is 16.3 Å². The van der Waals surface area contributed by atoms with Crippen LogP contribution in [0.15, 0.2) is 83.8 Å². The molecule has 4 rings (SSSR count). The molecule has 0 atom stereocenters. The Bertz CT molecular complexity index is 1570. The lowest BCUT2D eigenvalue weighted by atomic mass is 10.1. The number of hydrogen-bond acceptors (Lipinski definition) is 5. The summed E-state index contributed by atoms with van der Waals surface area (Å²) in [5.74, 6) is -0.751. The van der Waals surface area contributed by atoms with Crippen LogP contribution in [0.5, 0.6) is 0 Å². The van der Waals surface area contributed by atoms with Gasteiger partial charge >= 0.3 is 6.03 Å². The van der Waals surface area contributed by atoms with E-state index in [9.17, 15) is 14.4 Å². The average molecular weight is 564 g/mol. The van der Waals surface area contributed by atoms with Crippen LogP contribution < -0.4 is 27.2 Å². The summed E-state index contributed by atoms with van der Waals surface area (Å²) in [5.41, 5.74) is 7.55. The van der Waals surface area contributed by atoms with Crippen molar-refractivity contribution in [2.24, 2.45) is 5.73 Å². The van der Waals surface area contributed by atoms with Gasteiger partial charge in [-0.05, 0) is 29.3 Å². The normalized spacial score (nSPS) is 10.5. The second-order valence-corrected chi connectivity index (χ2v) is 9.25. The van der Waals surface area contributed by atoms with E-state index in [4.69, 9.17) is 34.3 Å². The van der Waals surface area contributed by atoms with Gasteiger partial charge in [0.05, 0.1) is 11.9 Å². The van der Waals surface area contributed by atoms with Gasteiger partial charge < -0.3 is 16.4 Å². The predicted molar refractivity (Wildman–Crippen MR) is 152 cm³/mol. The van der Waals surface area contributed by atoms with Crippen molar-refractivity contribution in [2.75, 3.05) is 10.6 Å². The van der Waals surface area contributed by atoms with E-state index in [1.54, 1.807) is 48.5 Å². The highest BCUT2D eigenvalue weighted by Gasteiger charge is 2.17. The number of benzene rings is 3. The van der Waals surface area contributed by atoms with Crippen LogP contribution in [0, 0.1) is 5.41 Å². The lowest BCUT2D eigenvalue weighted by molar-refractivity contribution is -0.121. The van der Waals surface area contributed by atoms with Crippen molar-refractivity contribution in [1.29, 1.82) is 5.41 Å². The number of anilines is 2. The molecule has 0 aliphatic heterocycles. The molecular weight excluding hydrogens is 541 g/mol. The van der Waals surface area contributed by atoms with Crippen molar-refractivity contribution in [3.05, 3.63) is 111 Å². The molecule has 4 aromatic rings. The first-order valence-electron chi connectivity index (χ1n) is 11.6. The molecule has 3 amide bonds. The number of nitrogens with two attached hydrogens (primary N) is 1. The second-order valence-electron chi connectivity index (χ2n) is 8.37. The third kappa shape index (κ3) is 7.22. The number of rotatable bonds is 8. The molecule has 1 heterocycles. The summed E-state index contributed by atoms with van der Waals surface area (Å²) in [6.45, 7) is -0.120. The van der Waals surface area contributed by atoms with E-state index in [1.807, 2.05) is 6.07 Å². The van der Waals surface area contributed by atoms with Gasteiger partial charge in [0.1, 0.15) is 12.4 Å². The van der Waals surface area contributed by atoms with Gasteiger partial charge in [0.15, 0.2) is 0 Å². The van der Waals surface area contributed by atoms with Gasteiger partial charge in [-0.2, -0.15) is 0 Å². The number of nitrogens with zero attached hydrogens (tertiary/aromatic N) is 2. The van der Waals surface area contributed by atoms with Gasteiger partial charge in [-0.3, -0.25) is 24.9 Å². The lowest BCUT2D eigenvalue weighted by Gasteiger charge is -2.15. The zero-order chi connectivity index (χ0) is 27.9. The van der Waals surface area contributed by atoms with E-state index in [1.165, 1.54) is 29.0 Å². The van der Waals surface area contributed by atoms with Crippen LogP contribution in [0.1, 0.15) is 11.1 Å². The molecule has 0 fully saturated rings. The van der Waals surface area contributed by atoms with Crippen LogP contribution in [0.3, 0.4) is 0 Å². The van der Waals surface area contributed by atoms with Gasteiger partial charge in [0.25, 0.3) is 5.56 Å². The third-order valence-electron chi connectivity index (χ3n) is 5.53. The number of amidine groups is 1. The highest BCUT2D eigenvalue weighted by Crippen LogP contribution is 2.23. The summed E-state index contributed by atoms with van der Waals surface area (Å²) in [6, 6.07) is 19.6. The first kappa shape index (κ1) is 27.4. The Labute approximate surface area is 233 Å². The zero-order valence-corrected chi connectivity index (χ0v) is 21.9. The number of halogens is 2. The minimum atomic E-state index is -0.740. The van der Waals surface area contributed by atoms with Gasteiger partial charge in [-0.15, -0.1) is 0 Å². The van der Waals surface area contributed by atoms with Crippen molar-refractivity contribution in [3.8, 4) is 11.3 Å². The Kier molecular flexibility index (Phi) is 8.60. The number of nitrogens with one attached hydrogen (secondary N) is 4. The fraction of sp³-hybridized carbons (Fsp3) is 0.0741. The molecule has 3 aromatic carbocycles. The minimum absolute atomic E-state index is 0.0504. The van der Waals surface area contributed by atoms with E-state index < -0.39 is 17.5 Å². The number of nitrogen functional groups attached to an aromatic ring is 1. The average Bonchev–Trinajstić information content (AvgIpc) is 2.90. The number of amides is 3. The predicted octanol–water partition coefficient (Wildman–Crippen LogP) is 4.46. The van der Waals surface area contributed by atoms with Crippen LogP contribution in [-0.2, 0) is 17.9 Å². The summed E-state index contributed by atoms with van der Waals surface area (Å²) in [5, 5.41) is 15.9. The van der Waals surface area contributed by atoms with Gasteiger partial charge in [-0.25, -0.2) is 9.78 Å². The molecule has 12 heteroatoms. The van der Waals surface area contributed by atoms with Gasteiger partial charge in [0.2, 0.25) is 11.7 Å². The van der Waals surface area contributed by atoms with Crippen LogP contribution >= 0.6 is 23.2 Å². The van der Waals surface area contributed by atoms with E-state index in [0.29, 0.717) is 32.6 Å². The fourth-order valence-electron chi connectivity index (χ4n) is 3.67. The topological polar surface area (TPSA) is 155 Å². The van der Waals surface area contributed by atoms with E-state index in [0.717, 1.165) is 5.56 Å². The maximum Gasteiger partial charge on any atom is 0.325 e. The Morgan fingerprint density at radius 1 is 0.949 bits per heavy atom. The lowest BCUT2D eigenvalue weighted by Crippen LogP contribution is -2.35. The molecule has 0 spiro atoms. The highest BCUT2D eigenvalue weighted by atomic mass is 35.5. The van der Waals surface area contributed by atoms with E-state index >= 15 is 0 Å². The van der Waals surface area contributed by atoms with E-state index in [-0.39, 0.29) is 24.7 Å². The molecule has 0 saturated heterocycles. The molecule has 0 aliphatic carbocycles. The van der Waals surface area contributed by atoms with Gasteiger partial charge in [0, 0.05) is 27.8 Å². The Hall–Kier alpha value is -4.67. The largest absolute Gasteiger partial charge is 0.384 e. The number of hydrogen-bond donors (Lipinski definition) is 5. The minimum Gasteiger partial charge on any atom is -0.384 e. The molecule has 198 valence electrons. The molecule has 39 heavy (non-hydrogen) atoms. The fourth-order valence-corrected chi connectivity index (χ4v) is 4.19. The third-order valence-corrected chi connectivity index (χ3v) is 5.97. The zero-order valence-electron chi connectivity index (χ0n) is 20.4. The Morgan fingerprint density at radius 2 is 1.62 bits per heavy atom. The molecule has 0 saturated carbocycles. The monoisotopic (exact) mass is 563 g/mol.